The predicted octanol–water partition coefficient (Wildman–Crippen LogP) is 4.91. The normalized spacial score (nSPS) is 11.1. The van der Waals surface area contributed by atoms with Crippen molar-refractivity contribution < 1.29 is 4.39 Å². The Kier molecular flexibility index (Phi) is 3.05. The third-order valence-corrected chi connectivity index (χ3v) is 4.68. The second kappa shape index (κ2) is 4.57. The molecule has 0 unspecified atom stereocenters. The number of thiophene rings is 1. The van der Waals surface area contributed by atoms with Gasteiger partial charge in [0, 0.05) is 14.9 Å². The van der Waals surface area contributed by atoms with Crippen molar-refractivity contribution in [2.45, 2.75) is 0 Å². The molecule has 0 radical (unpaired) electrons. The second-order valence-electron chi connectivity index (χ2n) is 3.61. The Morgan fingerprint density at radius 3 is 2.78 bits per heavy atom. The maximum Gasteiger partial charge on any atom is 0.150 e. The summed E-state index contributed by atoms with van der Waals surface area (Å²) in [6, 6.07) is 6.52. The van der Waals surface area contributed by atoms with Gasteiger partial charge in [0.15, 0.2) is 0 Å². The number of halogens is 3. The summed E-state index contributed by atoms with van der Waals surface area (Å²) in [6.07, 6.45) is 1.43. The highest BCUT2D eigenvalue weighted by molar-refractivity contribution is 9.10. The molecule has 1 aromatic carbocycles. The molecule has 18 heavy (non-hydrogen) atoms. The number of fused-ring (bicyclic) bond motifs is 1. The Morgan fingerprint density at radius 2 is 2.06 bits per heavy atom. The van der Waals surface area contributed by atoms with Crippen molar-refractivity contribution in [3.05, 3.63) is 46.0 Å². The van der Waals surface area contributed by atoms with Gasteiger partial charge in [-0.25, -0.2) is 14.4 Å². The summed E-state index contributed by atoms with van der Waals surface area (Å²) >= 11 is 10.9. The van der Waals surface area contributed by atoms with Crippen molar-refractivity contribution in [2.24, 2.45) is 0 Å². The zero-order valence-electron chi connectivity index (χ0n) is 8.82. The molecule has 2 heterocycles. The van der Waals surface area contributed by atoms with Crippen molar-refractivity contribution in [3.63, 3.8) is 0 Å². The quantitative estimate of drug-likeness (QED) is 0.587. The van der Waals surface area contributed by atoms with Gasteiger partial charge in [-0.15, -0.1) is 11.3 Å². The summed E-state index contributed by atoms with van der Waals surface area (Å²) in [7, 11) is 0. The lowest BCUT2D eigenvalue weighted by Gasteiger charge is -2.00. The summed E-state index contributed by atoms with van der Waals surface area (Å²) in [6.45, 7) is 0. The van der Waals surface area contributed by atoms with Crippen LogP contribution in [0.5, 0.6) is 0 Å². The highest BCUT2D eigenvalue weighted by Crippen LogP contribution is 2.38. The summed E-state index contributed by atoms with van der Waals surface area (Å²) in [5.74, 6) is -0.274. The number of nitrogens with zero attached hydrogens (tertiary/aromatic N) is 2. The van der Waals surface area contributed by atoms with Crippen LogP contribution in [0.2, 0.25) is 5.15 Å². The van der Waals surface area contributed by atoms with Crippen molar-refractivity contribution in [3.8, 4) is 10.4 Å². The highest BCUT2D eigenvalue weighted by Gasteiger charge is 2.11. The van der Waals surface area contributed by atoms with Crippen LogP contribution in [0.25, 0.3) is 20.7 Å². The highest BCUT2D eigenvalue weighted by atomic mass is 79.9. The predicted molar refractivity (Wildman–Crippen MR) is 75.5 cm³/mol. The van der Waals surface area contributed by atoms with Gasteiger partial charge in [0.2, 0.25) is 0 Å². The fourth-order valence-corrected chi connectivity index (χ4v) is 3.63. The average Bonchev–Trinajstić information content (AvgIpc) is 2.74. The molecule has 3 rings (SSSR count). The Bertz CT molecular complexity index is 744. The number of aromatic nitrogens is 2. The topological polar surface area (TPSA) is 25.8 Å². The smallest absolute Gasteiger partial charge is 0.150 e. The van der Waals surface area contributed by atoms with Crippen LogP contribution in [0, 0.1) is 5.82 Å². The van der Waals surface area contributed by atoms with E-state index in [1.807, 2.05) is 6.07 Å². The van der Waals surface area contributed by atoms with E-state index < -0.39 is 0 Å². The van der Waals surface area contributed by atoms with Crippen LogP contribution in [-0.4, -0.2) is 9.97 Å². The lowest BCUT2D eigenvalue weighted by molar-refractivity contribution is 0.627. The first-order valence-electron chi connectivity index (χ1n) is 5.00. The molecule has 0 atom stereocenters. The molecule has 0 amide bonds. The molecule has 90 valence electrons. The molecule has 6 heteroatoms. The fraction of sp³-hybridized carbons (Fsp3) is 0. The van der Waals surface area contributed by atoms with E-state index in [1.54, 1.807) is 6.07 Å². The van der Waals surface area contributed by atoms with E-state index in [4.69, 9.17) is 11.6 Å². The molecule has 2 nitrogen and oxygen atoms in total. The van der Waals surface area contributed by atoms with Crippen LogP contribution >= 0.6 is 38.9 Å². The van der Waals surface area contributed by atoms with Crippen molar-refractivity contribution in [1.29, 1.82) is 0 Å². The summed E-state index contributed by atoms with van der Waals surface area (Å²) in [5.41, 5.74) is 1.71. The third kappa shape index (κ3) is 2.02. The molecule has 0 N–H and O–H groups in total. The largest absolute Gasteiger partial charge is 0.235 e. The Balaban J connectivity index is 2.23. The molecule has 0 aliphatic rings. The lowest BCUT2D eigenvalue weighted by atomic mass is 10.2. The van der Waals surface area contributed by atoms with Crippen LogP contribution in [0.15, 0.2) is 35.1 Å². The van der Waals surface area contributed by atoms with Gasteiger partial charge in [0.1, 0.15) is 17.3 Å². The molecule has 0 spiro atoms. The summed E-state index contributed by atoms with van der Waals surface area (Å²) in [5, 5.41) is 0.439. The van der Waals surface area contributed by atoms with E-state index in [1.165, 1.54) is 29.8 Å². The van der Waals surface area contributed by atoms with E-state index in [0.717, 1.165) is 20.7 Å². The molecule has 0 fully saturated rings. The van der Waals surface area contributed by atoms with Gasteiger partial charge in [-0.2, -0.15) is 0 Å². The number of benzene rings is 1. The maximum absolute atomic E-state index is 13.1. The number of hydrogen-bond donors (Lipinski definition) is 0. The zero-order chi connectivity index (χ0) is 12.7. The fourth-order valence-electron chi connectivity index (χ4n) is 1.65. The van der Waals surface area contributed by atoms with E-state index in [2.05, 4.69) is 25.9 Å². The molecule has 0 bridgehead atoms. The molecule has 2 aromatic heterocycles. The minimum atomic E-state index is -0.274. The molecule has 0 saturated heterocycles. The molecular weight excluding hydrogens is 339 g/mol. The van der Waals surface area contributed by atoms with Gasteiger partial charge < -0.3 is 0 Å². The van der Waals surface area contributed by atoms with Crippen molar-refractivity contribution >= 4 is 49.1 Å². The van der Waals surface area contributed by atoms with Crippen LogP contribution in [-0.2, 0) is 0 Å². The Hall–Kier alpha value is -1.04. The summed E-state index contributed by atoms with van der Waals surface area (Å²) in [4.78, 5) is 9.08. The van der Waals surface area contributed by atoms with Gasteiger partial charge in [-0.3, -0.25) is 0 Å². The van der Waals surface area contributed by atoms with Gasteiger partial charge in [-0.05, 0) is 24.3 Å². The number of rotatable bonds is 1. The lowest BCUT2D eigenvalue weighted by Crippen LogP contribution is -1.78. The Labute approximate surface area is 120 Å². The molecule has 0 aliphatic heterocycles. The van der Waals surface area contributed by atoms with E-state index in [-0.39, 0.29) is 5.82 Å². The maximum atomic E-state index is 13.1. The van der Waals surface area contributed by atoms with Crippen LogP contribution in [0.3, 0.4) is 0 Å². The first-order valence-corrected chi connectivity index (χ1v) is 6.99. The SMILES string of the molecule is Fc1ccc(-c2cc3ncnc(Cl)c3s2)c(Br)c1. The minimum Gasteiger partial charge on any atom is -0.235 e. The van der Waals surface area contributed by atoms with Crippen LogP contribution in [0.1, 0.15) is 0 Å². The monoisotopic (exact) mass is 342 g/mol. The number of hydrogen-bond acceptors (Lipinski definition) is 3. The van der Waals surface area contributed by atoms with E-state index in [0.29, 0.717) is 9.63 Å². The first-order chi connectivity index (χ1) is 8.65. The van der Waals surface area contributed by atoms with Crippen LogP contribution < -0.4 is 0 Å². The Morgan fingerprint density at radius 1 is 1.22 bits per heavy atom. The standard InChI is InChI=1S/C12H5BrClFN2S/c13-8-3-6(15)1-2-7(8)10-4-9-11(18-10)12(14)17-5-16-9/h1-5H. The first kappa shape index (κ1) is 12.0. The van der Waals surface area contributed by atoms with Gasteiger partial charge >= 0.3 is 0 Å². The second-order valence-corrected chi connectivity index (χ2v) is 5.88. The van der Waals surface area contributed by atoms with E-state index in [9.17, 15) is 4.39 Å². The van der Waals surface area contributed by atoms with Crippen molar-refractivity contribution in [1.82, 2.24) is 9.97 Å². The molecule has 3 aromatic rings. The van der Waals surface area contributed by atoms with Crippen LogP contribution in [0.4, 0.5) is 4.39 Å². The van der Waals surface area contributed by atoms with Crippen molar-refractivity contribution in [2.75, 3.05) is 0 Å². The minimum absolute atomic E-state index is 0.274. The average molecular weight is 344 g/mol. The third-order valence-electron chi connectivity index (χ3n) is 2.46. The molecule has 0 aliphatic carbocycles. The van der Waals surface area contributed by atoms with E-state index >= 15 is 0 Å². The van der Waals surface area contributed by atoms with Gasteiger partial charge in [0.05, 0.1) is 10.2 Å². The zero-order valence-corrected chi connectivity index (χ0v) is 12.0. The van der Waals surface area contributed by atoms with Gasteiger partial charge in [-0.1, -0.05) is 27.5 Å². The molecular formula is C12H5BrClFN2S. The van der Waals surface area contributed by atoms with Gasteiger partial charge in [0.25, 0.3) is 0 Å². The molecule has 0 saturated carbocycles. The summed E-state index contributed by atoms with van der Waals surface area (Å²) < 4.78 is 14.6.